The quantitative estimate of drug-likeness (QED) is 0.384. The zero-order valence-corrected chi connectivity index (χ0v) is 11.9. The molecule has 98 valence electrons. The van der Waals surface area contributed by atoms with Crippen molar-refractivity contribution in [2.75, 3.05) is 19.3 Å². The van der Waals surface area contributed by atoms with Crippen molar-refractivity contribution in [2.24, 2.45) is 10.7 Å². The van der Waals surface area contributed by atoms with Crippen LogP contribution in [0.5, 0.6) is 0 Å². The third-order valence-corrected chi connectivity index (χ3v) is 4.10. The van der Waals surface area contributed by atoms with Crippen LogP contribution in [-0.2, 0) is 0 Å². The number of nitrogens with zero attached hydrogens (tertiary/aromatic N) is 2. The van der Waals surface area contributed by atoms with E-state index in [0.29, 0.717) is 12.0 Å². The van der Waals surface area contributed by atoms with Gasteiger partial charge in [-0.25, -0.2) is 0 Å². The van der Waals surface area contributed by atoms with Gasteiger partial charge >= 0.3 is 0 Å². The standard InChI is InChI=1S/C14H21N3S/c1-11-3-7-13(8-4-11)18-10-9-16-14(15)17(2)12-5-6-12/h3-4,7-8,12H,5-6,9-10H2,1-2H3,(H2,15,16). The summed E-state index contributed by atoms with van der Waals surface area (Å²) in [5.74, 6) is 1.66. The van der Waals surface area contributed by atoms with Crippen molar-refractivity contribution < 1.29 is 0 Å². The molecular formula is C14H21N3S. The zero-order chi connectivity index (χ0) is 13.0. The monoisotopic (exact) mass is 263 g/mol. The van der Waals surface area contributed by atoms with Crippen LogP contribution >= 0.6 is 11.8 Å². The Morgan fingerprint density at radius 3 is 2.67 bits per heavy atom. The third kappa shape index (κ3) is 3.95. The maximum Gasteiger partial charge on any atom is 0.191 e. The van der Waals surface area contributed by atoms with Crippen LogP contribution in [-0.4, -0.2) is 36.2 Å². The van der Waals surface area contributed by atoms with Gasteiger partial charge in [0.2, 0.25) is 0 Å². The molecule has 18 heavy (non-hydrogen) atoms. The average Bonchev–Trinajstić information content (AvgIpc) is 3.20. The molecule has 0 heterocycles. The third-order valence-electron chi connectivity index (χ3n) is 3.11. The van der Waals surface area contributed by atoms with Crippen LogP contribution in [0.3, 0.4) is 0 Å². The van der Waals surface area contributed by atoms with E-state index in [4.69, 9.17) is 5.73 Å². The molecule has 3 nitrogen and oxygen atoms in total. The fourth-order valence-electron chi connectivity index (χ4n) is 1.72. The Kier molecular flexibility index (Phi) is 4.53. The smallest absolute Gasteiger partial charge is 0.191 e. The van der Waals surface area contributed by atoms with Gasteiger partial charge in [-0.3, -0.25) is 4.99 Å². The second-order valence-corrected chi connectivity index (χ2v) is 5.91. The van der Waals surface area contributed by atoms with Crippen LogP contribution in [0.1, 0.15) is 18.4 Å². The number of hydrogen-bond acceptors (Lipinski definition) is 2. The topological polar surface area (TPSA) is 41.6 Å². The lowest BCUT2D eigenvalue weighted by Gasteiger charge is -2.16. The van der Waals surface area contributed by atoms with Crippen molar-refractivity contribution in [1.29, 1.82) is 0 Å². The predicted octanol–water partition coefficient (Wildman–Crippen LogP) is 2.50. The van der Waals surface area contributed by atoms with E-state index in [-0.39, 0.29) is 0 Å². The molecule has 0 aromatic heterocycles. The molecule has 0 amide bonds. The van der Waals surface area contributed by atoms with Gasteiger partial charge in [-0.1, -0.05) is 17.7 Å². The van der Waals surface area contributed by atoms with Crippen molar-refractivity contribution in [1.82, 2.24) is 4.90 Å². The molecule has 0 saturated heterocycles. The summed E-state index contributed by atoms with van der Waals surface area (Å²) in [4.78, 5) is 7.81. The van der Waals surface area contributed by atoms with Crippen molar-refractivity contribution in [2.45, 2.75) is 30.7 Å². The lowest BCUT2D eigenvalue weighted by molar-refractivity contribution is 0.488. The molecule has 0 radical (unpaired) electrons. The number of rotatable bonds is 5. The highest BCUT2D eigenvalue weighted by Gasteiger charge is 2.27. The van der Waals surface area contributed by atoms with E-state index in [1.54, 1.807) is 0 Å². The Balaban J connectivity index is 1.71. The average molecular weight is 263 g/mol. The Labute approximate surface area is 113 Å². The van der Waals surface area contributed by atoms with E-state index < -0.39 is 0 Å². The maximum atomic E-state index is 5.92. The lowest BCUT2D eigenvalue weighted by Crippen LogP contribution is -2.35. The zero-order valence-electron chi connectivity index (χ0n) is 11.1. The minimum Gasteiger partial charge on any atom is -0.370 e. The van der Waals surface area contributed by atoms with E-state index in [1.807, 2.05) is 18.8 Å². The highest BCUT2D eigenvalue weighted by molar-refractivity contribution is 7.99. The molecule has 1 saturated carbocycles. The Morgan fingerprint density at radius 1 is 1.39 bits per heavy atom. The van der Waals surface area contributed by atoms with E-state index in [0.717, 1.165) is 12.3 Å². The summed E-state index contributed by atoms with van der Waals surface area (Å²) in [5, 5.41) is 0. The van der Waals surface area contributed by atoms with Gasteiger partial charge in [0.1, 0.15) is 0 Å². The first-order valence-electron chi connectivity index (χ1n) is 6.39. The van der Waals surface area contributed by atoms with Gasteiger partial charge in [-0.15, -0.1) is 11.8 Å². The number of aliphatic imine (C=N–C) groups is 1. The Hall–Kier alpha value is -1.16. The van der Waals surface area contributed by atoms with Gasteiger partial charge < -0.3 is 10.6 Å². The molecule has 0 bridgehead atoms. The van der Waals surface area contributed by atoms with Crippen LogP contribution in [0.15, 0.2) is 34.2 Å². The van der Waals surface area contributed by atoms with Crippen LogP contribution < -0.4 is 5.73 Å². The van der Waals surface area contributed by atoms with Gasteiger partial charge in [0.15, 0.2) is 5.96 Å². The fraction of sp³-hybridized carbons (Fsp3) is 0.500. The maximum absolute atomic E-state index is 5.92. The number of guanidine groups is 1. The molecule has 1 aliphatic carbocycles. The molecule has 1 fully saturated rings. The summed E-state index contributed by atoms with van der Waals surface area (Å²) in [6.07, 6.45) is 2.51. The second kappa shape index (κ2) is 6.14. The first kappa shape index (κ1) is 13.3. The van der Waals surface area contributed by atoms with Crippen molar-refractivity contribution >= 4 is 17.7 Å². The normalized spacial score (nSPS) is 15.8. The SMILES string of the molecule is Cc1ccc(SCCN=C(N)N(C)C2CC2)cc1. The number of nitrogens with two attached hydrogens (primary N) is 1. The fourth-order valence-corrected chi connectivity index (χ4v) is 2.47. The minimum absolute atomic E-state index is 0.638. The number of hydrogen-bond donors (Lipinski definition) is 1. The molecule has 0 aliphatic heterocycles. The van der Waals surface area contributed by atoms with Crippen LogP contribution in [0.25, 0.3) is 0 Å². The van der Waals surface area contributed by atoms with Gasteiger partial charge in [-0.2, -0.15) is 0 Å². The molecule has 0 unspecified atom stereocenters. The summed E-state index contributed by atoms with van der Waals surface area (Å²) in [6, 6.07) is 9.23. The van der Waals surface area contributed by atoms with Gasteiger partial charge in [0.25, 0.3) is 0 Å². The van der Waals surface area contributed by atoms with Crippen molar-refractivity contribution in [3.8, 4) is 0 Å². The summed E-state index contributed by atoms with van der Waals surface area (Å²) >= 11 is 1.83. The number of benzene rings is 1. The number of thioether (sulfide) groups is 1. The highest BCUT2D eigenvalue weighted by atomic mass is 32.2. The van der Waals surface area contributed by atoms with E-state index in [2.05, 4.69) is 41.1 Å². The van der Waals surface area contributed by atoms with E-state index >= 15 is 0 Å². The summed E-state index contributed by atoms with van der Waals surface area (Å²) in [6.45, 7) is 2.88. The molecule has 0 atom stereocenters. The number of aryl methyl sites for hydroxylation is 1. The van der Waals surface area contributed by atoms with Crippen molar-refractivity contribution in [3.63, 3.8) is 0 Å². The van der Waals surface area contributed by atoms with Crippen LogP contribution in [0.2, 0.25) is 0 Å². The molecule has 2 N–H and O–H groups in total. The van der Waals surface area contributed by atoms with Gasteiger partial charge in [0, 0.05) is 23.7 Å². The predicted molar refractivity (Wildman–Crippen MR) is 79.2 cm³/mol. The van der Waals surface area contributed by atoms with E-state index in [1.165, 1.54) is 23.3 Å². The molecule has 4 heteroatoms. The Bertz CT molecular complexity index is 410. The first-order valence-corrected chi connectivity index (χ1v) is 7.37. The molecular weight excluding hydrogens is 242 g/mol. The van der Waals surface area contributed by atoms with E-state index in [9.17, 15) is 0 Å². The molecule has 0 spiro atoms. The summed E-state index contributed by atoms with van der Waals surface area (Å²) in [5.41, 5.74) is 7.22. The second-order valence-electron chi connectivity index (χ2n) is 4.74. The summed E-state index contributed by atoms with van der Waals surface area (Å²) in [7, 11) is 2.03. The highest BCUT2D eigenvalue weighted by Crippen LogP contribution is 2.25. The molecule has 1 aromatic carbocycles. The van der Waals surface area contributed by atoms with Crippen LogP contribution in [0, 0.1) is 6.92 Å². The minimum atomic E-state index is 0.638. The molecule has 2 rings (SSSR count). The van der Waals surface area contributed by atoms with Gasteiger partial charge in [0.05, 0.1) is 6.54 Å². The first-order chi connectivity index (χ1) is 8.66. The summed E-state index contributed by atoms with van der Waals surface area (Å²) < 4.78 is 0. The van der Waals surface area contributed by atoms with Crippen LogP contribution in [0.4, 0.5) is 0 Å². The Morgan fingerprint density at radius 2 is 2.06 bits per heavy atom. The van der Waals surface area contributed by atoms with Gasteiger partial charge in [-0.05, 0) is 31.9 Å². The largest absolute Gasteiger partial charge is 0.370 e. The van der Waals surface area contributed by atoms with Crippen molar-refractivity contribution in [3.05, 3.63) is 29.8 Å². The lowest BCUT2D eigenvalue weighted by atomic mass is 10.2. The molecule has 1 aromatic rings. The molecule has 1 aliphatic rings.